The summed E-state index contributed by atoms with van der Waals surface area (Å²) in [7, 11) is -4.85. The minimum Gasteiger partial charge on any atom is -0.463 e. The third-order valence-electron chi connectivity index (χ3n) is 4.42. The van der Waals surface area contributed by atoms with Gasteiger partial charge in [-0.15, -0.1) is 0 Å². The Balaban J connectivity index is 2.36. The average molecular weight is 518 g/mol. The van der Waals surface area contributed by atoms with Gasteiger partial charge in [0.15, 0.2) is 18.3 Å². The van der Waals surface area contributed by atoms with Crippen molar-refractivity contribution in [2.24, 2.45) is 0 Å². The summed E-state index contributed by atoms with van der Waals surface area (Å²) < 4.78 is 48.9. The molecule has 1 heterocycles. The highest BCUT2D eigenvalue weighted by atomic mass is 31.2. The monoisotopic (exact) mass is 518 g/mol. The third-order valence-corrected chi connectivity index (χ3v) is 5.35. The zero-order valence-electron chi connectivity index (χ0n) is 19.5. The van der Waals surface area contributed by atoms with Crippen molar-refractivity contribution in [2.45, 2.75) is 65.0 Å². The third kappa shape index (κ3) is 9.38. The Bertz CT molecular complexity index is 950. The first-order valence-electron chi connectivity index (χ1n) is 10.4. The van der Waals surface area contributed by atoms with Crippen LogP contribution in [0.15, 0.2) is 30.3 Å². The molecular formula is C21H27O13P. The van der Waals surface area contributed by atoms with Gasteiger partial charge in [-0.1, -0.05) is 30.3 Å². The summed E-state index contributed by atoms with van der Waals surface area (Å²) in [6.45, 7) is 3.43. The summed E-state index contributed by atoms with van der Waals surface area (Å²) in [4.78, 5) is 56.9. The van der Waals surface area contributed by atoms with Gasteiger partial charge < -0.3 is 28.6 Å². The molecule has 1 aliphatic rings. The van der Waals surface area contributed by atoms with Gasteiger partial charge in [-0.2, -0.15) is 0 Å². The second-order valence-corrected chi connectivity index (χ2v) is 8.81. The highest BCUT2D eigenvalue weighted by Gasteiger charge is 2.54. The van der Waals surface area contributed by atoms with Gasteiger partial charge in [0.25, 0.3) is 0 Å². The molecule has 2 rings (SSSR count). The van der Waals surface area contributed by atoms with Crippen molar-refractivity contribution in [2.75, 3.05) is 6.61 Å². The van der Waals surface area contributed by atoms with Crippen LogP contribution in [0.3, 0.4) is 0 Å². The maximum atomic E-state index is 12.7. The molecule has 0 radical (unpaired) electrons. The molecule has 14 heteroatoms. The van der Waals surface area contributed by atoms with E-state index in [-0.39, 0.29) is 6.61 Å². The highest BCUT2D eigenvalue weighted by Crippen LogP contribution is 2.48. The predicted octanol–water partition coefficient (Wildman–Crippen LogP) is 1.40. The number of benzene rings is 1. The Hall–Kier alpha value is -2.83. The van der Waals surface area contributed by atoms with Gasteiger partial charge in [0.2, 0.25) is 6.29 Å². The molecule has 0 aliphatic carbocycles. The maximum Gasteiger partial charge on any atom is 0.474 e. The second kappa shape index (κ2) is 12.8. The van der Waals surface area contributed by atoms with E-state index in [2.05, 4.69) is 0 Å². The van der Waals surface area contributed by atoms with Crippen LogP contribution in [0.4, 0.5) is 0 Å². The molecule has 2 unspecified atom stereocenters. The smallest absolute Gasteiger partial charge is 0.463 e. The van der Waals surface area contributed by atoms with E-state index in [1.165, 1.54) is 0 Å². The summed E-state index contributed by atoms with van der Waals surface area (Å²) in [5.74, 6) is -3.27. The summed E-state index contributed by atoms with van der Waals surface area (Å²) in [6.07, 6.45) is -7.81. The van der Waals surface area contributed by atoms with Crippen LogP contribution in [0.1, 0.15) is 33.3 Å². The predicted molar refractivity (Wildman–Crippen MR) is 114 cm³/mol. The molecule has 1 fully saturated rings. The zero-order valence-corrected chi connectivity index (χ0v) is 20.4. The maximum absolute atomic E-state index is 12.7. The standard InChI is InChI=1S/C21H27O13P/c1-12(22)28-11-17-18(30-13(2)23)19(31-14(3)24)20(32-15(4)25)21(33-17)34-35(26,27)29-10-16-8-6-5-7-9-16/h5-9,17-21H,10-11H2,1-4H3,(H,26,27)/t17-,18-,19+,20-,21?/m1/s1. The summed E-state index contributed by atoms with van der Waals surface area (Å²) in [5, 5.41) is 0. The van der Waals surface area contributed by atoms with Crippen LogP contribution in [0.5, 0.6) is 0 Å². The first kappa shape index (κ1) is 28.4. The number of esters is 4. The Morgan fingerprint density at radius 2 is 1.40 bits per heavy atom. The van der Waals surface area contributed by atoms with Crippen molar-refractivity contribution < 1.29 is 61.4 Å². The van der Waals surface area contributed by atoms with E-state index in [0.717, 1.165) is 27.7 Å². The SMILES string of the molecule is CC(=O)OC[C@H]1OC(OP(=O)(O)OCc2ccccc2)[C@H](OC(C)=O)[C@@H](OC(C)=O)[C@@H]1OC(C)=O. The molecule has 1 aromatic rings. The van der Waals surface area contributed by atoms with E-state index in [4.69, 9.17) is 32.7 Å². The Kier molecular flexibility index (Phi) is 10.3. The summed E-state index contributed by atoms with van der Waals surface area (Å²) in [5.41, 5.74) is 0.562. The lowest BCUT2D eigenvalue weighted by Crippen LogP contribution is -2.62. The van der Waals surface area contributed by atoms with Crippen LogP contribution in [-0.4, -0.2) is 66.1 Å². The zero-order chi connectivity index (χ0) is 26.2. The normalized spacial score (nSPS) is 25.6. The first-order chi connectivity index (χ1) is 16.4. The Morgan fingerprint density at radius 1 is 0.857 bits per heavy atom. The Labute approximate surface area is 201 Å². The van der Waals surface area contributed by atoms with E-state index in [1.54, 1.807) is 30.3 Å². The second-order valence-electron chi connectivity index (χ2n) is 7.40. The van der Waals surface area contributed by atoms with Gasteiger partial charge >= 0.3 is 31.7 Å². The van der Waals surface area contributed by atoms with Crippen molar-refractivity contribution >= 4 is 31.7 Å². The molecule has 1 aliphatic heterocycles. The van der Waals surface area contributed by atoms with Crippen LogP contribution < -0.4 is 0 Å². The van der Waals surface area contributed by atoms with E-state index in [1.807, 2.05) is 0 Å². The lowest BCUT2D eigenvalue weighted by molar-refractivity contribution is -0.291. The highest BCUT2D eigenvalue weighted by molar-refractivity contribution is 7.47. The number of rotatable bonds is 10. The number of hydrogen-bond acceptors (Lipinski definition) is 12. The number of phosphoric acid groups is 1. The van der Waals surface area contributed by atoms with E-state index < -0.39 is 69.0 Å². The van der Waals surface area contributed by atoms with Gasteiger partial charge in [-0.3, -0.25) is 28.2 Å². The molecule has 194 valence electrons. The summed E-state index contributed by atoms with van der Waals surface area (Å²) in [6, 6.07) is 8.43. The number of carbonyl (C=O) groups excluding carboxylic acids is 4. The molecule has 1 N–H and O–H groups in total. The van der Waals surface area contributed by atoms with Crippen molar-refractivity contribution in [1.82, 2.24) is 0 Å². The number of carbonyl (C=O) groups is 4. The van der Waals surface area contributed by atoms with Gasteiger partial charge in [0, 0.05) is 27.7 Å². The molecule has 0 amide bonds. The molecule has 0 spiro atoms. The fourth-order valence-electron chi connectivity index (χ4n) is 3.17. The number of ether oxygens (including phenoxy) is 5. The number of hydrogen-bond donors (Lipinski definition) is 1. The van der Waals surface area contributed by atoms with Crippen LogP contribution in [0.25, 0.3) is 0 Å². The van der Waals surface area contributed by atoms with Crippen LogP contribution in [-0.2, 0) is 63.1 Å². The molecule has 13 nitrogen and oxygen atoms in total. The minimum absolute atomic E-state index is 0.306. The molecule has 0 saturated carbocycles. The van der Waals surface area contributed by atoms with Crippen LogP contribution in [0, 0.1) is 0 Å². The fraction of sp³-hybridized carbons (Fsp3) is 0.524. The van der Waals surface area contributed by atoms with Gasteiger partial charge in [0.1, 0.15) is 12.7 Å². The van der Waals surface area contributed by atoms with Crippen LogP contribution >= 0.6 is 7.82 Å². The van der Waals surface area contributed by atoms with Gasteiger partial charge in [-0.05, 0) is 5.56 Å². The van der Waals surface area contributed by atoms with Gasteiger partial charge in [-0.25, -0.2) is 4.57 Å². The molecule has 0 aromatic heterocycles. The molecular weight excluding hydrogens is 491 g/mol. The largest absolute Gasteiger partial charge is 0.474 e. The van der Waals surface area contributed by atoms with E-state index in [9.17, 15) is 28.6 Å². The molecule has 1 saturated heterocycles. The van der Waals surface area contributed by atoms with Crippen molar-refractivity contribution in [3.8, 4) is 0 Å². The van der Waals surface area contributed by atoms with E-state index in [0.29, 0.717) is 5.56 Å². The minimum atomic E-state index is -4.85. The van der Waals surface area contributed by atoms with E-state index >= 15 is 0 Å². The quantitative estimate of drug-likeness (QED) is 0.268. The van der Waals surface area contributed by atoms with Crippen molar-refractivity contribution in [1.29, 1.82) is 0 Å². The summed E-state index contributed by atoms with van der Waals surface area (Å²) >= 11 is 0. The molecule has 0 bridgehead atoms. The Morgan fingerprint density at radius 3 is 1.94 bits per heavy atom. The van der Waals surface area contributed by atoms with Crippen molar-refractivity contribution in [3.63, 3.8) is 0 Å². The number of phosphoric ester groups is 1. The molecule has 35 heavy (non-hydrogen) atoms. The first-order valence-corrected chi connectivity index (χ1v) is 11.9. The molecule has 6 atom stereocenters. The fourth-order valence-corrected chi connectivity index (χ4v) is 3.97. The lowest BCUT2D eigenvalue weighted by atomic mass is 9.98. The topological polar surface area (TPSA) is 170 Å². The molecule has 1 aromatic carbocycles. The average Bonchev–Trinajstić information content (AvgIpc) is 2.75. The van der Waals surface area contributed by atoms with Crippen molar-refractivity contribution in [3.05, 3.63) is 35.9 Å². The lowest BCUT2D eigenvalue weighted by Gasteiger charge is -2.43. The van der Waals surface area contributed by atoms with Gasteiger partial charge in [0.05, 0.1) is 6.61 Å². The van der Waals surface area contributed by atoms with Crippen LogP contribution in [0.2, 0.25) is 0 Å².